The number of nitrogens with one attached hydrogen (secondary N) is 1. The zero-order valence-electron chi connectivity index (χ0n) is 12.3. The minimum atomic E-state index is -1.21. The molecule has 0 saturated heterocycles. The summed E-state index contributed by atoms with van der Waals surface area (Å²) in [6.07, 6.45) is 1.81. The van der Waals surface area contributed by atoms with Gasteiger partial charge in [-0.25, -0.2) is 9.59 Å². The molecule has 0 aromatic rings. The van der Waals surface area contributed by atoms with E-state index in [1.807, 2.05) is 20.8 Å². The molecule has 0 fully saturated rings. The van der Waals surface area contributed by atoms with Crippen LogP contribution in [0.25, 0.3) is 0 Å². The van der Waals surface area contributed by atoms with Crippen molar-refractivity contribution >= 4 is 12.0 Å². The molecule has 0 aliphatic heterocycles. The number of hydrogen-bond acceptors (Lipinski definition) is 2. The van der Waals surface area contributed by atoms with Gasteiger partial charge in [-0.2, -0.15) is 0 Å². The van der Waals surface area contributed by atoms with Crippen molar-refractivity contribution in [2.45, 2.75) is 65.5 Å². The van der Waals surface area contributed by atoms with Crippen molar-refractivity contribution < 1.29 is 14.7 Å². The zero-order chi connectivity index (χ0) is 14.6. The van der Waals surface area contributed by atoms with E-state index in [0.717, 1.165) is 12.8 Å². The van der Waals surface area contributed by atoms with Crippen LogP contribution in [0.2, 0.25) is 0 Å². The summed E-state index contributed by atoms with van der Waals surface area (Å²) in [6, 6.07) is -0.330. The summed E-state index contributed by atoms with van der Waals surface area (Å²) in [5, 5.41) is 12.1. The number of hydrogen-bond donors (Lipinski definition) is 2. The third-order valence-corrected chi connectivity index (χ3v) is 3.08. The quantitative estimate of drug-likeness (QED) is 0.769. The molecule has 0 saturated carbocycles. The standard InChI is InChI=1S/C13H26N2O3/c1-7-9-12(3,4)14-11(18)15(8-2)13(5,6)10(16)17/h7-9H2,1-6H3,(H,14,18)(H,16,17). The van der Waals surface area contributed by atoms with Gasteiger partial charge in [0.1, 0.15) is 5.54 Å². The minimum absolute atomic E-state index is 0.326. The maximum atomic E-state index is 12.2. The Morgan fingerprint density at radius 3 is 2.00 bits per heavy atom. The van der Waals surface area contributed by atoms with Crippen molar-refractivity contribution in [2.24, 2.45) is 0 Å². The van der Waals surface area contributed by atoms with Crippen LogP contribution in [0.5, 0.6) is 0 Å². The number of carboxylic acid groups (broad SMARTS) is 1. The smallest absolute Gasteiger partial charge is 0.329 e. The molecule has 0 atom stereocenters. The SMILES string of the molecule is CCCC(C)(C)NC(=O)N(CC)C(C)(C)C(=O)O. The number of nitrogens with zero attached hydrogens (tertiary/aromatic N) is 1. The molecule has 18 heavy (non-hydrogen) atoms. The maximum Gasteiger partial charge on any atom is 0.329 e. The summed E-state index contributed by atoms with van der Waals surface area (Å²) in [6.45, 7) is 11.1. The molecule has 0 spiro atoms. The van der Waals surface area contributed by atoms with Gasteiger partial charge in [0.25, 0.3) is 0 Å². The summed E-state index contributed by atoms with van der Waals surface area (Å²) in [4.78, 5) is 24.7. The molecular weight excluding hydrogens is 232 g/mol. The lowest BCUT2D eigenvalue weighted by Crippen LogP contribution is -2.59. The van der Waals surface area contributed by atoms with Crippen LogP contribution in [-0.2, 0) is 4.79 Å². The second-order valence-corrected chi connectivity index (χ2v) is 5.67. The number of amides is 2. The normalized spacial score (nSPS) is 12.1. The molecule has 5 heteroatoms. The van der Waals surface area contributed by atoms with Gasteiger partial charge in [0.15, 0.2) is 0 Å². The molecule has 0 radical (unpaired) electrons. The first-order chi connectivity index (χ1) is 8.08. The van der Waals surface area contributed by atoms with E-state index < -0.39 is 11.5 Å². The van der Waals surface area contributed by atoms with E-state index in [1.54, 1.807) is 6.92 Å². The van der Waals surface area contributed by atoms with Gasteiger partial charge >= 0.3 is 12.0 Å². The molecule has 2 amide bonds. The lowest BCUT2D eigenvalue weighted by atomic mass is 9.98. The molecule has 0 aliphatic rings. The van der Waals surface area contributed by atoms with Gasteiger partial charge in [0, 0.05) is 12.1 Å². The summed E-state index contributed by atoms with van der Waals surface area (Å²) < 4.78 is 0. The fourth-order valence-corrected chi connectivity index (χ4v) is 1.95. The fraction of sp³-hybridized carbons (Fsp3) is 0.846. The van der Waals surface area contributed by atoms with Crippen LogP contribution < -0.4 is 5.32 Å². The molecule has 5 nitrogen and oxygen atoms in total. The van der Waals surface area contributed by atoms with Crippen LogP contribution in [-0.4, -0.2) is 39.6 Å². The molecule has 0 bridgehead atoms. The Morgan fingerprint density at radius 1 is 1.17 bits per heavy atom. The highest BCUT2D eigenvalue weighted by Crippen LogP contribution is 2.17. The topological polar surface area (TPSA) is 69.6 Å². The Kier molecular flexibility index (Phi) is 5.64. The predicted molar refractivity (Wildman–Crippen MR) is 71.6 cm³/mol. The number of carbonyl (C=O) groups excluding carboxylic acids is 1. The summed E-state index contributed by atoms with van der Waals surface area (Å²) in [5.41, 5.74) is -1.53. The first-order valence-corrected chi connectivity index (χ1v) is 6.41. The highest BCUT2D eigenvalue weighted by atomic mass is 16.4. The van der Waals surface area contributed by atoms with Crippen LogP contribution in [0.1, 0.15) is 54.4 Å². The van der Waals surface area contributed by atoms with Crippen LogP contribution in [0.4, 0.5) is 4.79 Å². The third kappa shape index (κ3) is 4.20. The molecule has 0 aromatic heterocycles. The number of aliphatic carboxylic acids is 1. The van der Waals surface area contributed by atoms with Crippen molar-refractivity contribution in [3.63, 3.8) is 0 Å². The van der Waals surface area contributed by atoms with Crippen molar-refractivity contribution in [2.75, 3.05) is 6.54 Å². The summed E-state index contributed by atoms with van der Waals surface area (Å²) in [5.74, 6) is -1.01. The molecule has 0 aromatic carbocycles. The largest absolute Gasteiger partial charge is 0.480 e. The van der Waals surface area contributed by atoms with E-state index in [0.29, 0.717) is 6.54 Å². The molecule has 2 N–H and O–H groups in total. The Morgan fingerprint density at radius 2 is 1.67 bits per heavy atom. The van der Waals surface area contributed by atoms with Gasteiger partial charge in [0.2, 0.25) is 0 Å². The van der Waals surface area contributed by atoms with E-state index >= 15 is 0 Å². The molecule has 0 heterocycles. The Hall–Kier alpha value is -1.26. The van der Waals surface area contributed by atoms with Crippen LogP contribution in [0.15, 0.2) is 0 Å². The third-order valence-electron chi connectivity index (χ3n) is 3.08. The maximum absolute atomic E-state index is 12.2. The van der Waals surface area contributed by atoms with E-state index in [9.17, 15) is 14.7 Å². The Balaban J connectivity index is 4.89. The first kappa shape index (κ1) is 16.7. The van der Waals surface area contributed by atoms with Crippen molar-refractivity contribution in [1.82, 2.24) is 10.2 Å². The van der Waals surface area contributed by atoms with Gasteiger partial charge in [-0.05, 0) is 41.0 Å². The van der Waals surface area contributed by atoms with E-state index in [-0.39, 0.29) is 11.6 Å². The first-order valence-electron chi connectivity index (χ1n) is 6.41. The van der Waals surface area contributed by atoms with Crippen molar-refractivity contribution in [3.8, 4) is 0 Å². The van der Waals surface area contributed by atoms with Gasteiger partial charge in [-0.1, -0.05) is 13.3 Å². The van der Waals surface area contributed by atoms with Crippen LogP contribution in [0, 0.1) is 0 Å². The van der Waals surface area contributed by atoms with E-state index in [4.69, 9.17) is 0 Å². The Labute approximate surface area is 110 Å². The van der Waals surface area contributed by atoms with E-state index in [2.05, 4.69) is 5.32 Å². The molecule has 0 aliphatic carbocycles. The fourth-order valence-electron chi connectivity index (χ4n) is 1.95. The summed E-state index contributed by atoms with van der Waals surface area (Å²) in [7, 11) is 0. The molecule has 106 valence electrons. The number of carboxylic acids is 1. The second-order valence-electron chi connectivity index (χ2n) is 5.67. The minimum Gasteiger partial charge on any atom is -0.480 e. The average Bonchev–Trinajstić information content (AvgIpc) is 2.16. The molecule has 0 rings (SSSR count). The predicted octanol–water partition coefficient (Wildman–Crippen LogP) is 2.46. The van der Waals surface area contributed by atoms with Gasteiger partial charge in [-0.3, -0.25) is 0 Å². The highest BCUT2D eigenvalue weighted by molar-refractivity contribution is 5.85. The average molecular weight is 258 g/mol. The van der Waals surface area contributed by atoms with Gasteiger partial charge < -0.3 is 15.3 Å². The highest BCUT2D eigenvalue weighted by Gasteiger charge is 2.38. The van der Waals surface area contributed by atoms with Crippen molar-refractivity contribution in [1.29, 1.82) is 0 Å². The monoisotopic (exact) mass is 258 g/mol. The zero-order valence-corrected chi connectivity index (χ0v) is 12.3. The van der Waals surface area contributed by atoms with Crippen LogP contribution >= 0.6 is 0 Å². The number of urea groups is 1. The van der Waals surface area contributed by atoms with Gasteiger partial charge in [0.05, 0.1) is 0 Å². The second kappa shape index (κ2) is 6.07. The summed E-state index contributed by atoms with van der Waals surface area (Å²) >= 11 is 0. The number of likely N-dealkylation sites (N-methyl/N-ethyl adjacent to an activating group) is 1. The number of carbonyl (C=O) groups is 2. The van der Waals surface area contributed by atoms with Crippen molar-refractivity contribution in [3.05, 3.63) is 0 Å². The lowest BCUT2D eigenvalue weighted by Gasteiger charge is -2.37. The molecular formula is C13H26N2O3. The molecule has 0 unspecified atom stereocenters. The van der Waals surface area contributed by atoms with E-state index in [1.165, 1.54) is 18.7 Å². The van der Waals surface area contributed by atoms with Gasteiger partial charge in [-0.15, -0.1) is 0 Å². The number of rotatable bonds is 6. The lowest BCUT2D eigenvalue weighted by molar-refractivity contribution is -0.147. The van der Waals surface area contributed by atoms with Crippen LogP contribution in [0.3, 0.4) is 0 Å². The Bertz CT molecular complexity index is 311.